The van der Waals surface area contributed by atoms with Gasteiger partial charge < -0.3 is 4.74 Å². The molecule has 0 aliphatic rings. The van der Waals surface area contributed by atoms with Crippen LogP contribution < -0.4 is 10.3 Å². The van der Waals surface area contributed by atoms with E-state index in [4.69, 9.17) is 16.3 Å². The van der Waals surface area contributed by atoms with Gasteiger partial charge in [-0.05, 0) is 53.2 Å². The molecule has 4 aromatic rings. The average molecular weight is 562 g/mol. The molecule has 0 atom stereocenters. The molecule has 2 heterocycles. The highest BCUT2D eigenvalue weighted by molar-refractivity contribution is 9.10. The summed E-state index contributed by atoms with van der Waals surface area (Å²) in [5, 5.41) is 0.341. The van der Waals surface area contributed by atoms with E-state index in [0.717, 1.165) is 17.7 Å². The molecule has 4 rings (SSSR count). The third-order valence-corrected chi connectivity index (χ3v) is 6.22. The van der Waals surface area contributed by atoms with E-state index in [9.17, 15) is 13.6 Å². The number of aryl methyl sites for hydroxylation is 1. The fourth-order valence-electron chi connectivity index (χ4n) is 3.40. The number of nitrogens with zero attached hydrogens (tertiary/aromatic N) is 4. The SMILES string of the molecule is Cc1nc(OCc2ccc(F)cc2F)c(Br)c(=O)n1-c1cc(-c2ccnc(C(C)C)n2)ccc1Cl. The number of hydrogen-bond acceptors (Lipinski definition) is 5. The topological polar surface area (TPSA) is 69.9 Å². The first kappa shape index (κ1) is 24.9. The monoisotopic (exact) mass is 560 g/mol. The Hall–Kier alpha value is -3.17. The van der Waals surface area contributed by atoms with Crippen molar-refractivity contribution >= 4 is 27.5 Å². The summed E-state index contributed by atoms with van der Waals surface area (Å²) in [6, 6.07) is 10.2. The van der Waals surface area contributed by atoms with Crippen molar-refractivity contribution in [3.8, 4) is 22.8 Å². The minimum absolute atomic E-state index is 0.0165. The molecule has 0 unspecified atom stereocenters. The maximum absolute atomic E-state index is 13.9. The molecule has 0 fully saturated rings. The van der Waals surface area contributed by atoms with Crippen molar-refractivity contribution in [2.24, 2.45) is 0 Å². The van der Waals surface area contributed by atoms with Crippen molar-refractivity contribution in [1.82, 2.24) is 19.5 Å². The molecule has 0 amide bonds. The Bertz CT molecular complexity index is 1480. The second-order valence-corrected chi connectivity index (χ2v) is 9.26. The number of aromatic nitrogens is 4. The largest absolute Gasteiger partial charge is 0.472 e. The van der Waals surface area contributed by atoms with E-state index in [1.165, 1.54) is 10.6 Å². The third-order valence-electron chi connectivity index (χ3n) is 5.22. The molecule has 0 saturated heterocycles. The molecule has 180 valence electrons. The normalized spacial score (nSPS) is 11.2. The van der Waals surface area contributed by atoms with Gasteiger partial charge in [0.05, 0.1) is 16.4 Å². The highest BCUT2D eigenvalue weighted by atomic mass is 79.9. The van der Waals surface area contributed by atoms with Gasteiger partial charge in [-0.2, -0.15) is 4.98 Å². The summed E-state index contributed by atoms with van der Waals surface area (Å²) in [6.45, 7) is 5.41. The first-order valence-corrected chi connectivity index (χ1v) is 11.8. The van der Waals surface area contributed by atoms with Crippen LogP contribution in [0.1, 0.15) is 37.0 Å². The highest BCUT2D eigenvalue weighted by Gasteiger charge is 2.18. The van der Waals surface area contributed by atoms with Gasteiger partial charge in [-0.15, -0.1) is 0 Å². The zero-order chi connectivity index (χ0) is 25.3. The van der Waals surface area contributed by atoms with Crippen LogP contribution in [0.3, 0.4) is 0 Å². The van der Waals surface area contributed by atoms with Crippen molar-refractivity contribution in [1.29, 1.82) is 0 Å². The van der Waals surface area contributed by atoms with E-state index in [1.54, 1.807) is 31.3 Å². The van der Waals surface area contributed by atoms with Crippen molar-refractivity contribution in [3.63, 3.8) is 0 Å². The molecule has 10 heteroatoms. The van der Waals surface area contributed by atoms with Gasteiger partial charge in [0.1, 0.15) is 34.4 Å². The number of rotatable bonds is 6. The van der Waals surface area contributed by atoms with E-state index in [2.05, 4.69) is 30.9 Å². The Morgan fingerprint density at radius 1 is 1.11 bits per heavy atom. The van der Waals surface area contributed by atoms with Gasteiger partial charge in [0.15, 0.2) is 0 Å². The van der Waals surface area contributed by atoms with Gasteiger partial charge in [0, 0.05) is 29.3 Å². The Morgan fingerprint density at radius 3 is 2.60 bits per heavy atom. The quantitative estimate of drug-likeness (QED) is 0.273. The highest BCUT2D eigenvalue weighted by Crippen LogP contribution is 2.29. The first-order chi connectivity index (χ1) is 16.7. The summed E-state index contributed by atoms with van der Waals surface area (Å²) < 4.78 is 34.1. The zero-order valence-corrected chi connectivity index (χ0v) is 21.4. The lowest BCUT2D eigenvalue weighted by Crippen LogP contribution is -2.24. The summed E-state index contributed by atoms with van der Waals surface area (Å²) in [4.78, 5) is 26.5. The summed E-state index contributed by atoms with van der Waals surface area (Å²) >= 11 is 9.71. The van der Waals surface area contributed by atoms with Crippen LogP contribution in [0.25, 0.3) is 16.9 Å². The summed E-state index contributed by atoms with van der Waals surface area (Å²) in [5.74, 6) is -0.293. The second-order valence-electron chi connectivity index (χ2n) is 8.06. The molecule has 0 N–H and O–H groups in total. The van der Waals surface area contributed by atoms with E-state index in [-0.39, 0.29) is 28.4 Å². The van der Waals surface area contributed by atoms with Crippen LogP contribution in [0.5, 0.6) is 5.88 Å². The standard InChI is InChI=1S/C25H20BrClF2N4O2/c1-13(2)23-30-9-8-20(32-23)15-5-7-18(27)21(10-15)33-14(3)31-24(22(26)25(33)34)35-12-16-4-6-17(28)11-19(16)29/h4-11,13H,12H2,1-3H3. The van der Waals surface area contributed by atoms with E-state index in [1.807, 2.05) is 19.9 Å². The number of halogens is 4. The summed E-state index contributed by atoms with van der Waals surface area (Å²) in [5.41, 5.74) is 1.53. The van der Waals surface area contributed by atoms with E-state index in [0.29, 0.717) is 28.1 Å². The first-order valence-electron chi connectivity index (χ1n) is 10.6. The maximum Gasteiger partial charge on any atom is 0.276 e. The van der Waals surface area contributed by atoms with Crippen molar-refractivity contribution in [2.45, 2.75) is 33.3 Å². The fraction of sp³-hybridized carbons (Fsp3) is 0.200. The Labute approximate surface area is 213 Å². The lowest BCUT2D eigenvalue weighted by Gasteiger charge is -2.16. The number of ether oxygens (including phenoxy) is 1. The van der Waals surface area contributed by atoms with Crippen molar-refractivity contribution < 1.29 is 13.5 Å². The van der Waals surface area contributed by atoms with Crippen molar-refractivity contribution in [2.75, 3.05) is 0 Å². The van der Waals surface area contributed by atoms with Crippen LogP contribution in [0.15, 0.2) is 57.9 Å². The predicted octanol–water partition coefficient (Wildman–Crippen LogP) is 6.39. The fourth-order valence-corrected chi connectivity index (χ4v) is 3.99. The predicted molar refractivity (Wildman–Crippen MR) is 133 cm³/mol. The second kappa shape index (κ2) is 10.2. The van der Waals surface area contributed by atoms with Gasteiger partial charge in [0.2, 0.25) is 5.88 Å². The Morgan fingerprint density at radius 2 is 1.89 bits per heavy atom. The van der Waals surface area contributed by atoms with Crippen LogP contribution in [-0.2, 0) is 6.61 Å². The zero-order valence-electron chi connectivity index (χ0n) is 19.0. The molecular weight excluding hydrogens is 542 g/mol. The molecule has 0 spiro atoms. The van der Waals surface area contributed by atoms with Gasteiger partial charge in [-0.1, -0.05) is 31.5 Å². The van der Waals surface area contributed by atoms with Crippen LogP contribution in [0.2, 0.25) is 5.02 Å². The van der Waals surface area contributed by atoms with Gasteiger partial charge in [-0.25, -0.2) is 18.7 Å². The minimum Gasteiger partial charge on any atom is -0.472 e. The van der Waals surface area contributed by atoms with Gasteiger partial charge in [0.25, 0.3) is 5.56 Å². The van der Waals surface area contributed by atoms with E-state index >= 15 is 0 Å². The molecular formula is C25H20BrClF2N4O2. The molecule has 0 aliphatic heterocycles. The van der Waals surface area contributed by atoms with Gasteiger partial charge >= 0.3 is 0 Å². The average Bonchev–Trinajstić information content (AvgIpc) is 2.82. The molecule has 0 saturated carbocycles. The molecule has 0 bridgehead atoms. The smallest absolute Gasteiger partial charge is 0.276 e. The molecule has 2 aromatic carbocycles. The lowest BCUT2D eigenvalue weighted by atomic mass is 10.1. The van der Waals surface area contributed by atoms with Gasteiger partial charge in [-0.3, -0.25) is 9.36 Å². The number of hydrogen-bond donors (Lipinski definition) is 0. The summed E-state index contributed by atoms with van der Waals surface area (Å²) in [6.07, 6.45) is 1.69. The van der Waals surface area contributed by atoms with Crippen LogP contribution in [-0.4, -0.2) is 19.5 Å². The van der Waals surface area contributed by atoms with E-state index < -0.39 is 17.2 Å². The number of benzene rings is 2. The lowest BCUT2D eigenvalue weighted by molar-refractivity contribution is 0.283. The Kier molecular flexibility index (Phi) is 7.28. The molecule has 35 heavy (non-hydrogen) atoms. The Balaban J connectivity index is 1.71. The molecule has 6 nitrogen and oxygen atoms in total. The summed E-state index contributed by atoms with van der Waals surface area (Å²) in [7, 11) is 0. The molecule has 0 aliphatic carbocycles. The molecule has 2 aromatic heterocycles. The third kappa shape index (κ3) is 5.26. The van der Waals surface area contributed by atoms with Crippen molar-refractivity contribution in [3.05, 3.63) is 97.4 Å². The van der Waals surface area contributed by atoms with Crippen LogP contribution >= 0.6 is 27.5 Å². The minimum atomic E-state index is -0.750. The van der Waals surface area contributed by atoms with Crippen LogP contribution in [0.4, 0.5) is 8.78 Å². The maximum atomic E-state index is 13.9. The van der Waals surface area contributed by atoms with Crippen LogP contribution in [0, 0.1) is 18.6 Å². The molecule has 0 radical (unpaired) electrons.